The zero-order valence-corrected chi connectivity index (χ0v) is 11.3. The van der Waals surface area contributed by atoms with Crippen molar-refractivity contribution in [2.24, 2.45) is 0 Å². The van der Waals surface area contributed by atoms with Crippen molar-refractivity contribution in [3.8, 4) is 0 Å². The molecule has 0 aromatic carbocycles. The summed E-state index contributed by atoms with van der Waals surface area (Å²) in [7, 11) is -0.474. The predicted molar refractivity (Wildman–Crippen MR) is 64.0 cm³/mol. The summed E-state index contributed by atoms with van der Waals surface area (Å²) in [5.74, 6) is -0.662. The van der Waals surface area contributed by atoms with Crippen molar-refractivity contribution < 1.29 is 22.2 Å². The highest BCUT2D eigenvalue weighted by Gasteiger charge is 2.24. The van der Waals surface area contributed by atoms with Crippen LogP contribution in [0.3, 0.4) is 0 Å². The van der Waals surface area contributed by atoms with E-state index in [4.69, 9.17) is 0 Å². The lowest BCUT2D eigenvalue weighted by atomic mass is 10.2. The Kier molecular flexibility index (Phi) is 5.80. The number of hydrogen-bond acceptors (Lipinski definition) is 4. The molecule has 0 spiro atoms. The molecule has 6 nitrogen and oxygen atoms in total. The molecule has 0 aliphatic rings. The summed E-state index contributed by atoms with van der Waals surface area (Å²) in [5.41, 5.74) is 0. The van der Waals surface area contributed by atoms with E-state index in [1.165, 1.54) is 6.08 Å². The van der Waals surface area contributed by atoms with Crippen LogP contribution < -0.4 is 5.32 Å². The third-order valence-electron chi connectivity index (χ3n) is 2.83. The molecule has 0 heterocycles. The van der Waals surface area contributed by atoms with Crippen molar-refractivity contribution in [3.05, 3.63) is 12.7 Å². The van der Waals surface area contributed by atoms with Gasteiger partial charge in [-0.1, -0.05) is 6.58 Å². The van der Waals surface area contributed by atoms with Crippen molar-refractivity contribution in [3.63, 3.8) is 0 Å². The SMILES string of the molecule is C=CC(=O)NC[N+](C)(C)C(C)CCS(=O)(=O)[O-]. The molecule has 100 valence electrons. The zero-order valence-electron chi connectivity index (χ0n) is 10.5. The molecule has 17 heavy (non-hydrogen) atoms. The minimum Gasteiger partial charge on any atom is -0.748 e. The molecule has 0 radical (unpaired) electrons. The standard InChI is InChI=1S/C10H20N2O4S/c1-5-10(13)11-8-12(3,4)9(2)6-7-17(14,15)16/h5,9H,1,6-8H2,2-4H3,(H-,11,13,14,15,16). The molecule has 0 rings (SSSR count). The Morgan fingerprint density at radius 1 is 1.53 bits per heavy atom. The second kappa shape index (κ2) is 6.13. The second-order valence-electron chi connectivity index (χ2n) is 4.58. The maximum Gasteiger partial charge on any atom is 0.247 e. The number of carbonyl (C=O) groups excluding carboxylic acids is 1. The number of amides is 1. The van der Waals surface area contributed by atoms with E-state index in [0.29, 0.717) is 11.2 Å². The summed E-state index contributed by atoms with van der Waals surface area (Å²) < 4.78 is 32.0. The third-order valence-corrected chi connectivity index (χ3v) is 3.56. The average molecular weight is 264 g/mol. The van der Waals surface area contributed by atoms with Gasteiger partial charge in [0.05, 0.1) is 30.3 Å². The number of hydrogen-bond donors (Lipinski definition) is 1. The molecular formula is C10H20N2O4S. The minimum absolute atomic E-state index is 0.0520. The van der Waals surface area contributed by atoms with Crippen LogP contribution in [0.5, 0.6) is 0 Å². The fourth-order valence-electron chi connectivity index (χ4n) is 1.17. The maximum absolute atomic E-state index is 11.0. The van der Waals surface area contributed by atoms with Crippen LogP contribution in [0.25, 0.3) is 0 Å². The van der Waals surface area contributed by atoms with Gasteiger partial charge in [-0.3, -0.25) is 4.79 Å². The molecule has 0 aromatic rings. The fraction of sp³-hybridized carbons (Fsp3) is 0.700. The lowest BCUT2D eigenvalue weighted by Gasteiger charge is -2.36. The first kappa shape index (κ1) is 16.1. The first-order valence-corrected chi connectivity index (χ1v) is 6.83. The Morgan fingerprint density at radius 2 is 2.06 bits per heavy atom. The smallest absolute Gasteiger partial charge is 0.247 e. The first-order chi connectivity index (χ1) is 7.58. The summed E-state index contributed by atoms with van der Waals surface area (Å²) in [6.45, 7) is 5.53. The normalized spacial score (nSPS) is 14.1. The average Bonchev–Trinajstić information content (AvgIpc) is 2.21. The van der Waals surface area contributed by atoms with E-state index in [0.717, 1.165) is 0 Å². The summed E-state index contributed by atoms with van der Waals surface area (Å²) in [6.07, 6.45) is 1.44. The van der Waals surface area contributed by atoms with Crippen LogP contribution in [0.2, 0.25) is 0 Å². The van der Waals surface area contributed by atoms with Gasteiger partial charge in [-0.05, 0) is 13.0 Å². The Hall–Kier alpha value is -0.920. The largest absolute Gasteiger partial charge is 0.748 e. The van der Waals surface area contributed by atoms with Crippen molar-refractivity contribution in [2.45, 2.75) is 19.4 Å². The number of nitrogens with zero attached hydrogens (tertiary/aromatic N) is 1. The van der Waals surface area contributed by atoms with Gasteiger partial charge in [0, 0.05) is 12.2 Å². The highest BCUT2D eigenvalue weighted by molar-refractivity contribution is 7.85. The van der Waals surface area contributed by atoms with E-state index in [2.05, 4.69) is 11.9 Å². The van der Waals surface area contributed by atoms with Gasteiger partial charge in [0.25, 0.3) is 0 Å². The minimum atomic E-state index is -4.18. The van der Waals surface area contributed by atoms with Gasteiger partial charge >= 0.3 is 0 Å². The van der Waals surface area contributed by atoms with Gasteiger partial charge in [0.1, 0.15) is 0 Å². The summed E-state index contributed by atoms with van der Waals surface area (Å²) in [5, 5.41) is 2.64. The van der Waals surface area contributed by atoms with Gasteiger partial charge in [-0.2, -0.15) is 0 Å². The van der Waals surface area contributed by atoms with Crippen molar-refractivity contribution in [1.29, 1.82) is 0 Å². The molecule has 1 amide bonds. The lowest BCUT2D eigenvalue weighted by Crippen LogP contribution is -2.53. The molecule has 0 saturated carbocycles. The number of quaternary nitrogens is 1. The van der Waals surface area contributed by atoms with E-state index in [9.17, 15) is 17.8 Å². The van der Waals surface area contributed by atoms with Gasteiger partial charge < -0.3 is 14.4 Å². The Balaban J connectivity index is 4.29. The predicted octanol–water partition coefficient (Wildman–Crippen LogP) is -0.354. The zero-order chi connectivity index (χ0) is 13.7. The van der Waals surface area contributed by atoms with Gasteiger partial charge in [-0.15, -0.1) is 0 Å². The maximum atomic E-state index is 11.0. The highest BCUT2D eigenvalue weighted by atomic mass is 32.2. The third kappa shape index (κ3) is 7.09. The molecule has 7 heteroatoms. The van der Waals surface area contributed by atoms with Crippen LogP contribution in [0, 0.1) is 0 Å². The second-order valence-corrected chi connectivity index (χ2v) is 6.11. The Bertz CT molecular complexity index is 376. The topological polar surface area (TPSA) is 86.3 Å². The van der Waals surface area contributed by atoms with Crippen molar-refractivity contribution in [2.75, 3.05) is 26.5 Å². The molecular weight excluding hydrogens is 244 g/mol. The van der Waals surface area contributed by atoms with Gasteiger partial charge in [0.2, 0.25) is 5.91 Å². The summed E-state index contributed by atoms with van der Waals surface area (Å²) >= 11 is 0. The Morgan fingerprint density at radius 3 is 2.47 bits per heavy atom. The number of carbonyl (C=O) groups is 1. The molecule has 0 aromatic heterocycles. The Labute approximate surface area is 103 Å². The van der Waals surface area contributed by atoms with Crippen LogP contribution in [-0.2, 0) is 14.9 Å². The van der Waals surface area contributed by atoms with E-state index in [1.54, 1.807) is 0 Å². The van der Waals surface area contributed by atoms with Crippen molar-refractivity contribution >= 4 is 16.0 Å². The van der Waals surface area contributed by atoms with Crippen LogP contribution in [-0.4, -0.2) is 55.9 Å². The molecule has 0 saturated heterocycles. The van der Waals surface area contributed by atoms with Gasteiger partial charge in [0.15, 0.2) is 6.67 Å². The molecule has 0 aliphatic carbocycles. The summed E-state index contributed by atoms with van der Waals surface area (Å²) in [6, 6.07) is -0.0520. The number of rotatable bonds is 7. The molecule has 0 aliphatic heterocycles. The first-order valence-electron chi connectivity index (χ1n) is 5.25. The van der Waals surface area contributed by atoms with Crippen LogP contribution >= 0.6 is 0 Å². The lowest BCUT2D eigenvalue weighted by molar-refractivity contribution is -0.914. The van der Waals surface area contributed by atoms with E-state index in [1.807, 2.05) is 21.0 Å². The van der Waals surface area contributed by atoms with Crippen LogP contribution in [0.1, 0.15) is 13.3 Å². The van der Waals surface area contributed by atoms with E-state index >= 15 is 0 Å². The van der Waals surface area contributed by atoms with Crippen LogP contribution in [0.4, 0.5) is 0 Å². The molecule has 1 unspecified atom stereocenters. The quantitative estimate of drug-likeness (QED) is 0.295. The summed E-state index contributed by atoms with van der Waals surface area (Å²) in [4.78, 5) is 11.0. The van der Waals surface area contributed by atoms with Gasteiger partial charge in [-0.25, -0.2) is 8.42 Å². The molecule has 0 bridgehead atoms. The molecule has 0 fully saturated rings. The monoisotopic (exact) mass is 264 g/mol. The fourth-order valence-corrected chi connectivity index (χ4v) is 1.80. The number of nitrogens with one attached hydrogen (secondary N) is 1. The van der Waals surface area contributed by atoms with E-state index < -0.39 is 10.1 Å². The molecule has 1 N–H and O–H groups in total. The van der Waals surface area contributed by atoms with Crippen molar-refractivity contribution in [1.82, 2.24) is 5.32 Å². The van der Waals surface area contributed by atoms with Crippen LogP contribution in [0.15, 0.2) is 12.7 Å². The molecule has 1 atom stereocenters. The highest BCUT2D eigenvalue weighted by Crippen LogP contribution is 2.09. The van der Waals surface area contributed by atoms with E-state index in [-0.39, 0.29) is 24.1 Å².